The van der Waals surface area contributed by atoms with Gasteiger partial charge in [-0.2, -0.15) is 5.10 Å². The molecule has 0 aliphatic carbocycles. The van der Waals surface area contributed by atoms with Gasteiger partial charge in [0.15, 0.2) is 11.5 Å². The molecule has 0 atom stereocenters. The van der Waals surface area contributed by atoms with Crippen LogP contribution in [0.25, 0.3) is 10.8 Å². The van der Waals surface area contributed by atoms with Gasteiger partial charge in [0.05, 0.1) is 18.4 Å². The zero-order valence-corrected chi connectivity index (χ0v) is 18.0. The standard InChI is InChI=1S/C27H22N2O4/c1-2-32-25-16-19(12-15-24(25)33-27(31)21-9-4-3-5-10-21)18-28-29-26(30)23-14-13-20-8-6-7-11-22(20)17-23/h3-18H,2H2,1H3,(H,29,30)/b28-18-. The highest BCUT2D eigenvalue weighted by molar-refractivity contribution is 5.99. The Hall–Kier alpha value is -4.45. The lowest BCUT2D eigenvalue weighted by Gasteiger charge is -2.11. The number of nitrogens with one attached hydrogen (secondary N) is 1. The van der Waals surface area contributed by atoms with Crippen molar-refractivity contribution < 1.29 is 19.1 Å². The van der Waals surface area contributed by atoms with E-state index in [1.165, 1.54) is 6.21 Å². The summed E-state index contributed by atoms with van der Waals surface area (Å²) in [5.74, 6) is -0.0642. The normalized spacial score (nSPS) is 10.8. The van der Waals surface area contributed by atoms with Gasteiger partial charge in [-0.15, -0.1) is 0 Å². The van der Waals surface area contributed by atoms with Gasteiger partial charge in [-0.25, -0.2) is 10.2 Å². The molecule has 0 spiro atoms. The molecule has 0 saturated carbocycles. The van der Waals surface area contributed by atoms with Crippen molar-refractivity contribution in [2.24, 2.45) is 5.10 Å². The zero-order valence-electron chi connectivity index (χ0n) is 18.0. The molecule has 4 aromatic rings. The maximum absolute atomic E-state index is 12.5. The van der Waals surface area contributed by atoms with E-state index in [1.54, 1.807) is 48.5 Å². The van der Waals surface area contributed by atoms with E-state index < -0.39 is 5.97 Å². The van der Waals surface area contributed by atoms with Crippen LogP contribution in [0.3, 0.4) is 0 Å². The fraction of sp³-hybridized carbons (Fsp3) is 0.0741. The predicted molar refractivity (Wildman–Crippen MR) is 128 cm³/mol. The van der Waals surface area contributed by atoms with Crippen molar-refractivity contribution in [2.45, 2.75) is 6.92 Å². The Labute approximate surface area is 191 Å². The molecule has 0 radical (unpaired) electrons. The topological polar surface area (TPSA) is 77.0 Å². The second-order valence-electron chi connectivity index (χ2n) is 7.16. The quantitative estimate of drug-likeness (QED) is 0.186. The molecule has 6 nitrogen and oxygen atoms in total. The van der Waals surface area contributed by atoms with Crippen molar-refractivity contribution in [2.75, 3.05) is 6.61 Å². The maximum Gasteiger partial charge on any atom is 0.343 e. The Morgan fingerprint density at radius 3 is 2.36 bits per heavy atom. The zero-order chi connectivity index (χ0) is 23.0. The minimum absolute atomic E-state index is 0.308. The average Bonchev–Trinajstić information content (AvgIpc) is 2.85. The molecule has 33 heavy (non-hydrogen) atoms. The first-order valence-electron chi connectivity index (χ1n) is 10.5. The number of nitrogens with zero attached hydrogens (tertiary/aromatic N) is 1. The van der Waals surface area contributed by atoms with Gasteiger partial charge < -0.3 is 9.47 Å². The molecule has 0 heterocycles. The molecule has 1 amide bonds. The van der Waals surface area contributed by atoms with Crippen LogP contribution in [-0.4, -0.2) is 24.7 Å². The fourth-order valence-electron chi connectivity index (χ4n) is 3.25. The summed E-state index contributed by atoms with van der Waals surface area (Å²) in [5.41, 5.74) is 4.18. The van der Waals surface area contributed by atoms with Gasteiger partial charge in [0.1, 0.15) is 0 Å². The molecule has 0 unspecified atom stereocenters. The number of fused-ring (bicyclic) bond motifs is 1. The largest absolute Gasteiger partial charge is 0.490 e. The summed E-state index contributed by atoms with van der Waals surface area (Å²) in [4.78, 5) is 24.8. The summed E-state index contributed by atoms with van der Waals surface area (Å²) >= 11 is 0. The molecule has 0 saturated heterocycles. The Balaban J connectivity index is 1.45. The first kappa shape index (κ1) is 21.8. The SMILES string of the molecule is CCOc1cc(/C=N\NC(=O)c2ccc3ccccc3c2)ccc1OC(=O)c1ccccc1. The Morgan fingerprint density at radius 2 is 1.58 bits per heavy atom. The average molecular weight is 438 g/mol. The number of rotatable bonds is 7. The molecule has 6 heteroatoms. The number of benzene rings is 4. The number of carbonyl (C=O) groups is 2. The van der Waals surface area contributed by atoms with E-state index in [0.717, 1.165) is 10.8 Å². The van der Waals surface area contributed by atoms with Crippen LogP contribution < -0.4 is 14.9 Å². The number of amides is 1. The summed E-state index contributed by atoms with van der Waals surface area (Å²) in [6.45, 7) is 2.24. The third kappa shape index (κ3) is 5.43. The molecule has 0 fully saturated rings. The number of ether oxygens (including phenoxy) is 2. The van der Waals surface area contributed by atoms with Gasteiger partial charge in [-0.1, -0.05) is 48.5 Å². The molecule has 4 rings (SSSR count). The molecule has 0 aromatic heterocycles. The summed E-state index contributed by atoms with van der Waals surface area (Å²) < 4.78 is 11.1. The van der Waals surface area contributed by atoms with Crippen molar-refractivity contribution in [1.82, 2.24) is 5.43 Å². The van der Waals surface area contributed by atoms with Gasteiger partial charge >= 0.3 is 5.97 Å². The van der Waals surface area contributed by atoms with Gasteiger partial charge in [-0.3, -0.25) is 4.79 Å². The highest BCUT2D eigenvalue weighted by Crippen LogP contribution is 2.29. The molecule has 1 N–H and O–H groups in total. The first-order valence-corrected chi connectivity index (χ1v) is 10.5. The summed E-state index contributed by atoms with van der Waals surface area (Å²) in [6, 6.07) is 27.1. The second kappa shape index (κ2) is 10.2. The monoisotopic (exact) mass is 438 g/mol. The molecule has 0 aliphatic heterocycles. The number of hydrazone groups is 1. The van der Waals surface area contributed by atoms with Crippen LogP contribution in [-0.2, 0) is 0 Å². The van der Waals surface area contributed by atoms with Gasteiger partial charge in [0.2, 0.25) is 0 Å². The minimum Gasteiger partial charge on any atom is -0.490 e. The fourth-order valence-corrected chi connectivity index (χ4v) is 3.25. The van der Waals surface area contributed by atoms with Crippen molar-refractivity contribution in [3.63, 3.8) is 0 Å². The summed E-state index contributed by atoms with van der Waals surface area (Å²) in [5, 5.41) is 6.10. The number of hydrogen-bond donors (Lipinski definition) is 1. The van der Waals surface area contributed by atoms with Gasteiger partial charge in [0.25, 0.3) is 5.91 Å². The Kier molecular flexibility index (Phi) is 6.75. The number of esters is 1. The summed E-state index contributed by atoms with van der Waals surface area (Å²) in [7, 11) is 0. The number of carbonyl (C=O) groups excluding carboxylic acids is 2. The minimum atomic E-state index is -0.472. The van der Waals surface area contributed by atoms with Crippen LogP contribution in [0.4, 0.5) is 0 Å². The van der Waals surface area contributed by atoms with Crippen LogP contribution in [0.2, 0.25) is 0 Å². The number of hydrogen-bond acceptors (Lipinski definition) is 5. The van der Waals surface area contributed by atoms with Crippen molar-refractivity contribution in [3.8, 4) is 11.5 Å². The lowest BCUT2D eigenvalue weighted by molar-refractivity contribution is 0.0728. The molecule has 0 aliphatic rings. The lowest BCUT2D eigenvalue weighted by atomic mass is 10.1. The molecule has 4 aromatic carbocycles. The van der Waals surface area contributed by atoms with Crippen molar-refractivity contribution in [3.05, 3.63) is 108 Å². The third-order valence-corrected chi connectivity index (χ3v) is 4.87. The van der Waals surface area contributed by atoms with Crippen LogP contribution in [0.1, 0.15) is 33.2 Å². The highest BCUT2D eigenvalue weighted by Gasteiger charge is 2.13. The van der Waals surface area contributed by atoms with Crippen LogP contribution in [0, 0.1) is 0 Å². The van der Waals surface area contributed by atoms with E-state index >= 15 is 0 Å². The Morgan fingerprint density at radius 1 is 0.818 bits per heavy atom. The van der Waals surface area contributed by atoms with Crippen LogP contribution >= 0.6 is 0 Å². The predicted octanol–water partition coefficient (Wildman–Crippen LogP) is 5.22. The first-order chi connectivity index (χ1) is 16.1. The van der Waals surface area contributed by atoms with E-state index in [4.69, 9.17) is 9.47 Å². The van der Waals surface area contributed by atoms with E-state index in [2.05, 4.69) is 10.5 Å². The Bertz CT molecular complexity index is 1320. The van der Waals surface area contributed by atoms with Crippen LogP contribution in [0.5, 0.6) is 11.5 Å². The van der Waals surface area contributed by atoms with Crippen LogP contribution in [0.15, 0.2) is 96.1 Å². The molecule has 164 valence electrons. The molecular formula is C27H22N2O4. The molecular weight excluding hydrogens is 416 g/mol. The lowest BCUT2D eigenvalue weighted by Crippen LogP contribution is -2.17. The van der Waals surface area contributed by atoms with E-state index in [0.29, 0.717) is 34.8 Å². The smallest absolute Gasteiger partial charge is 0.343 e. The van der Waals surface area contributed by atoms with Crippen molar-refractivity contribution >= 4 is 28.9 Å². The van der Waals surface area contributed by atoms with E-state index in [9.17, 15) is 9.59 Å². The summed E-state index contributed by atoms with van der Waals surface area (Å²) in [6.07, 6.45) is 1.50. The van der Waals surface area contributed by atoms with E-state index in [-0.39, 0.29) is 5.91 Å². The maximum atomic E-state index is 12.5. The van der Waals surface area contributed by atoms with Crippen molar-refractivity contribution in [1.29, 1.82) is 0 Å². The highest BCUT2D eigenvalue weighted by atomic mass is 16.6. The van der Waals surface area contributed by atoms with E-state index in [1.807, 2.05) is 49.4 Å². The van der Waals surface area contributed by atoms with Gasteiger partial charge in [-0.05, 0) is 65.7 Å². The third-order valence-electron chi connectivity index (χ3n) is 4.87. The second-order valence-corrected chi connectivity index (χ2v) is 7.16. The van der Waals surface area contributed by atoms with Gasteiger partial charge in [0, 0.05) is 5.56 Å². The molecule has 0 bridgehead atoms.